The highest BCUT2D eigenvalue weighted by Gasteiger charge is 2.27. The molecule has 1 N–H and O–H groups in total. The number of carbonyl (C=O) groups excluding carboxylic acids is 2. The van der Waals surface area contributed by atoms with E-state index in [9.17, 15) is 19.0 Å². The third-order valence-electron chi connectivity index (χ3n) is 9.74. The minimum absolute atomic E-state index is 0.0298. The van der Waals surface area contributed by atoms with Gasteiger partial charge in [0, 0.05) is 22.5 Å². The number of phosphoric ester groups is 1. The number of hydrogen-bond acceptors (Lipinski definition) is 7. The monoisotopic (exact) mass is 918 g/mol. The van der Waals surface area contributed by atoms with Crippen LogP contribution in [0.5, 0.6) is 0 Å². The Labute approximate surface area is 349 Å². The van der Waals surface area contributed by atoms with E-state index in [0.717, 1.165) is 51.4 Å². The van der Waals surface area contributed by atoms with E-state index in [2.05, 4.69) is 45.7 Å². The zero-order valence-electron chi connectivity index (χ0n) is 35.3. The van der Waals surface area contributed by atoms with Gasteiger partial charge in [-0.2, -0.15) is 0 Å². The smallest absolute Gasteiger partial charge is 0.462 e. The largest absolute Gasteiger partial charge is 0.472 e. The SMILES string of the molecule is CCCCCCCCCCCCCCCC(=O)OC[C@H](COP(=O)(O)OCC[N+](C)(C)C)OC(=O)CCCCCCCC(Br)C(Br)CCCCCCCC. The molecule has 12 heteroatoms. The lowest BCUT2D eigenvalue weighted by molar-refractivity contribution is -0.870. The molecule has 0 fully saturated rings. The predicted molar refractivity (Wildman–Crippen MR) is 232 cm³/mol. The molecule has 0 saturated carbocycles. The second-order valence-electron chi connectivity index (χ2n) is 16.3. The first-order valence-electron chi connectivity index (χ1n) is 21.8. The van der Waals surface area contributed by atoms with Crippen molar-refractivity contribution in [2.75, 3.05) is 47.5 Å². The molecule has 0 saturated heterocycles. The molecule has 3 unspecified atom stereocenters. The summed E-state index contributed by atoms with van der Waals surface area (Å²) in [5.74, 6) is -0.808. The molecule has 0 radical (unpaired) electrons. The van der Waals surface area contributed by atoms with Gasteiger partial charge < -0.3 is 18.9 Å². The van der Waals surface area contributed by atoms with Crippen LogP contribution in [0.25, 0.3) is 0 Å². The molecule has 0 bridgehead atoms. The zero-order valence-corrected chi connectivity index (χ0v) is 39.4. The standard InChI is InChI=1S/C42H82Br2NO8P/c1-6-8-10-12-14-15-16-17-18-19-20-24-28-32-41(46)50-36-38(37-52-54(48,49)51-35-34-45(3,4)5)53-42(47)33-29-25-21-23-27-31-40(44)39(43)30-26-22-13-11-9-7-2/h38-40H,6-37H2,1-5H3/p+1/t38-,39?,40?/m1/s1. The third-order valence-corrected chi connectivity index (χ3v) is 13.6. The van der Waals surface area contributed by atoms with Crippen molar-refractivity contribution >= 4 is 51.6 Å². The van der Waals surface area contributed by atoms with E-state index in [-0.39, 0.29) is 32.0 Å². The van der Waals surface area contributed by atoms with Crippen LogP contribution < -0.4 is 0 Å². The van der Waals surface area contributed by atoms with Crippen LogP contribution in [0, 0.1) is 0 Å². The summed E-state index contributed by atoms with van der Waals surface area (Å²) in [4.78, 5) is 36.4. The van der Waals surface area contributed by atoms with Crippen LogP contribution in [0.3, 0.4) is 0 Å². The van der Waals surface area contributed by atoms with E-state index in [1.165, 1.54) is 109 Å². The highest BCUT2D eigenvalue weighted by Crippen LogP contribution is 2.43. The van der Waals surface area contributed by atoms with Gasteiger partial charge in [0.1, 0.15) is 19.8 Å². The van der Waals surface area contributed by atoms with Gasteiger partial charge in [-0.1, -0.05) is 187 Å². The van der Waals surface area contributed by atoms with E-state index in [1.807, 2.05) is 21.1 Å². The number of halogens is 2. The average Bonchev–Trinajstić information content (AvgIpc) is 3.11. The number of alkyl halides is 2. The van der Waals surface area contributed by atoms with Gasteiger partial charge in [0.25, 0.3) is 0 Å². The normalized spacial score (nSPS) is 14.7. The highest BCUT2D eigenvalue weighted by molar-refractivity contribution is 9.12. The minimum Gasteiger partial charge on any atom is -0.462 e. The lowest BCUT2D eigenvalue weighted by Crippen LogP contribution is -2.37. The van der Waals surface area contributed by atoms with Crippen molar-refractivity contribution in [2.24, 2.45) is 0 Å². The van der Waals surface area contributed by atoms with Crippen LogP contribution in [-0.4, -0.2) is 84.6 Å². The predicted octanol–water partition coefficient (Wildman–Crippen LogP) is 12.8. The van der Waals surface area contributed by atoms with Gasteiger partial charge in [0.2, 0.25) is 0 Å². The maximum absolute atomic E-state index is 12.7. The molecule has 0 amide bonds. The van der Waals surface area contributed by atoms with Crippen LogP contribution in [0.2, 0.25) is 0 Å². The van der Waals surface area contributed by atoms with Crippen molar-refractivity contribution in [3.05, 3.63) is 0 Å². The maximum atomic E-state index is 12.7. The number of hydrogen-bond donors (Lipinski definition) is 1. The van der Waals surface area contributed by atoms with Gasteiger partial charge in [-0.3, -0.25) is 18.6 Å². The first-order valence-corrected chi connectivity index (χ1v) is 25.2. The van der Waals surface area contributed by atoms with E-state index in [1.54, 1.807) is 0 Å². The first-order chi connectivity index (χ1) is 25.8. The zero-order chi connectivity index (χ0) is 40.3. The fraction of sp³-hybridized carbons (Fsp3) is 0.952. The molecule has 322 valence electrons. The lowest BCUT2D eigenvalue weighted by Gasteiger charge is -2.24. The molecule has 0 spiro atoms. The molecular formula is C42H83Br2NO8P+. The number of rotatable bonds is 40. The fourth-order valence-corrected chi connectivity index (χ4v) is 8.09. The van der Waals surface area contributed by atoms with Gasteiger partial charge in [-0.25, -0.2) is 4.57 Å². The van der Waals surface area contributed by atoms with Crippen LogP contribution in [0.4, 0.5) is 0 Å². The molecule has 9 nitrogen and oxygen atoms in total. The van der Waals surface area contributed by atoms with Crippen molar-refractivity contribution in [1.82, 2.24) is 0 Å². The van der Waals surface area contributed by atoms with Crippen molar-refractivity contribution in [2.45, 2.75) is 209 Å². The second kappa shape index (κ2) is 36.1. The van der Waals surface area contributed by atoms with Crippen molar-refractivity contribution < 1.29 is 42.1 Å². The third kappa shape index (κ3) is 37.5. The number of nitrogens with zero attached hydrogens (tertiary/aromatic N) is 1. The van der Waals surface area contributed by atoms with Crippen molar-refractivity contribution in [1.29, 1.82) is 0 Å². The number of esters is 2. The van der Waals surface area contributed by atoms with Crippen LogP contribution in [0.15, 0.2) is 0 Å². The summed E-state index contributed by atoms with van der Waals surface area (Å²) < 4.78 is 34.3. The Balaban J connectivity index is 4.46. The minimum atomic E-state index is -4.38. The molecule has 0 aromatic carbocycles. The maximum Gasteiger partial charge on any atom is 0.472 e. The van der Waals surface area contributed by atoms with Crippen LogP contribution in [-0.2, 0) is 32.7 Å². The second-order valence-corrected chi connectivity index (χ2v) is 20.1. The number of quaternary nitrogens is 1. The molecule has 0 aliphatic heterocycles. The van der Waals surface area contributed by atoms with Crippen molar-refractivity contribution in [3.8, 4) is 0 Å². The lowest BCUT2D eigenvalue weighted by atomic mass is 10.0. The summed E-state index contributed by atoms with van der Waals surface area (Å²) in [6.45, 7) is 4.40. The summed E-state index contributed by atoms with van der Waals surface area (Å²) in [6.07, 6.45) is 30.6. The van der Waals surface area contributed by atoms with Gasteiger partial charge in [-0.15, -0.1) is 0 Å². The van der Waals surface area contributed by atoms with Crippen LogP contribution in [0.1, 0.15) is 194 Å². The van der Waals surface area contributed by atoms with Crippen LogP contribution >= 0.6 is 39.7 Å². The topological polar surface area (TPSA) is 108 Å². The summed E-state index contributed by atoms with van der Waals surface area (Å²) in [5, 5.41) is 0. The van der Waals surface area contributed by atoms with Gasteiger partial charge in [0.15, 0.2) is 6.10 Å². The van der Waals surface area contributed by atoms with E-state index < -0.39 is 26.5 Å². The van der Waals surface area contributed by atoms with E-state index >= 15 is 0 Å². The average molecular weight is 921 g/mol. The Kier molecular flexibility index (Phi) is 36.1. The number of unbranched alkanes of at least 4 members (excludes halogenated alkanes) is 21. The molecule has 54 heavy (non-hydrogen) atoms. The summed E-state index contributed by atoms with van der Waals surface area (Å²) >= 11 is 7.75. The molecule has 0 aliphatic carbocycles. The first kappa shape index (κ1) is 54.0. The summed E-state index contributed by atoms with van der Waals surface area (Å²) in [5.41, 5.74) is 0. The molecule has 0 aromatic rings. The summed E-state index contributed by atoms with van der Waals surface area (Å²) in [6, 6.07) is 0. The van der Waals surface area contributed by atoms with Gasteiger partial charge in [0.05, 0.1) is 27.7 Å². The summed E-state index contributed by atoms with van der Waals surface area (Å²) in [7, 11) is 1.47. The van der Waals surface area contributed by atoms with Gasteiger partial charge in [-0.05, 0) is 25.7 Å². The number of carbonyl (C=O) groups is 2. The van der Waals surface area contributed by atoms with E-state index in [0.29, 0.717) is 27.1 Å². The Morgan fingerprint density at radius 3 is 1.39 bits per heavy atom. The molecule has 0 heterocycles. The molecule has 4 atom stereocenters. The fourth-order valence-electron chi connectivity index (χ4n) is 6.17. The number of phosphoric acid groups is 1. The highest BCUT2D eigenvalue weighted by atomic mass is 79.9. The Morgan fingerprint density at radius 2 is 0.963 bits per heavy atom. The molecule has 0 aromatic heterocycles. The number of ether oxygens (including phenoxy) is 2. The van der Waals surface area contributed by atoms with Crippen molar-refractivity contribution in [3.63, 3.8) is 0 Å². The molecule has 0 aliphatic rings. The Morgan fingerprint density at radius 1 is 0.574 bits per heavy atom. The van der Waals surface area contributed by atoms with E-state index in [4.69, 9.17) is 18.5 Å². The Bertz CT molecular complexity index is 938. The quantitative estimate of drug-likeness (QED) is 0.0213. The molecular weight excluding hydrogens is 837 g/mol. The molecule has 0 rings (SSSR count). The Hall–Kier alpha value is -0.0300. The number of likely N-dealkylation sites (N-methyl/N-ethyl adjacent to an activating group) is 1. The van der Waals surface area contributed by atoms with Gasteiger partial charge >= 0.3 is 19.8 Å².